The Labute approximate surface area is 161 Å². The first kappa shape index (κ1) is 18.5. The lowest BCUT2D eigenvalue weighted by Gasteiger charge is -2.12. The summed E-state index contributed by atoms with van der Waals surface area (Å²) < 4.78 is 33.5. The maximum atomic E-state index is 11.4. The quantitative estimate of drug-likeness (QED) is 0.648. The number of fused-ring (bicyclic) bond motifs is 1. The molecule has 0 unspecified atom stereocenters. The van der Waals surface area contributed by atoms with Crippen LogP contribution in [-0.2, 0) is 10.0 Å². The Hall–Kier alpha value is -2.27. The van der Waals surface area contributed by atoms with Crippen molar-refractivity contribution >= 4 is 55.8 Å². The lowest BCUT2D eigenvalue weighted by molar-refractivity contribution is 0.174. The van der Waals surface area contributed by atoms with Gasteiger partial charge >= 0.3 is 0 Å². The van der Waals surface area contributed by atoms with Gasteiger partial charge in [0.05, 0.1) is 20.6 Å². The fraction of sp³-hybridized carbons (Fsp3) is 0.125. The van der Waals surface area contributed by atoms with Gasteiger partial charge < -0.3 is 20.1 Å². The molecule has 3 rings (SSSR count). The van der Waals surface area contributed by atoms with Crippen LogP contribution in [0.25, 0.3) is 0 Å². The monoisotopic (exact) mass is 409 g/mol. The molecule has 0 radical (unpaired) electrons. The van der Waals surface area contributed by atoms with Crippen LogP contribution in [0.5, 0.6) is 11.5 Å². The molecule has 4 N–H and O–H groups in total. The highest BCUT2D eigenvalue weighted by Crippen LogP contribution is 2.38. The predicted octanol–water partition coefficient (Wildman–Crippen LogP) is 2.63. The first-order valence-corrected chi connectivity index (χ1v) is 9.80. The van der Waals surface area contributed by atoms with Gasteiger partial charge in [-0.2, -0.15) is 0 Å². The number of hydrogen-bond acceptors (Lipinski definition) is 6. The summed E-state index contributed by atoms with van der Waals surface area (Å²) in [4.78, 5) is 0.913. The van der Waals surface area contributed by atoms with Gasteiger partial charge in [0, 0.05) is 12.1 Å². The minimum absolute atomic E-state index is 0.00278. The molecule has 0 saturated heterocycles. The maximum Gasteiger partial charge on any atom is 0.238 e. The summed E-state index contributed by atoms with van der Waals surface area (Å²) >= 11 is 10.6. The van der Waals surface area contributed by atoms with Crippen molar-refractivity contribution in [1.82, 2.24) is 0 Å². The van der Waals surface area contributed by atoms with Crippen molar-refractivity contribution < 1.29 is 17.9 Å². The fourth-order valence-corrected chi connectivity index (χ4v) is 3.49. The molecular weight excluding hydrogens is 394 g/mol. The number of nitrogens with one attached hydrogen (secondary N) is 2. The van der Waals surface area contributed by atoms with E-state index >= 15 is 0 Å². The Balaban J connectivity index is 1.62. The summed E-state index contributed by atoms with van der Waals surface area (Å²) in [5.41, 5.74) is 1.21. The number of benzene rings is 2. The molecule has 0 atom stereocenters. The van der Waals surface area contributed by atoms with Crippen LogP contribution in [0.15, 0.2) is 47.4 Å². The van der Waals surface area contributed by atoms with Gasteiger partial charge in [-0.1, -0.05) is 36.6 Å². The van der Waals surface area contributed by atoms with E-state index in [2.05, 4.69) is 10.6 Å². The van der Waals surface area contributed by atoms with Gasteiger partial charge in [-0.3, -0.25) is 0 Å². The van der Waals surface area contributed by atoms with Crippen molar-refractivity contribution in [3.63, 3.8) is 0 Å². The van der Waals surface area contributed by atoms with Gasteiger partial charge in [-0.15, -0.1) is 0 Å². The van der Waals surface area contributed by atoms with Gasteiger partial charge in [0.25, 0.3) is 0 Å². The van der Waals surface area contributed by atoms with Gasteiger partial charge in [-0.05, 0) is 30.3 Å². The number of thiocarbonyl (C=S) groups is 2. The molecule has 0 aromatic heterocycles. The molecule has 1 heterocycles. The lowest BCUT2D eigenvalue weighted by atomic mass is 10.2. The van der Waals surface area contributed by atoms with E-state index in [0.717, 1.165) is 0 Å². The molecule has 0 bridgehead atoms. The van der Waals surface area contributed by atoms with E-state index < -0.39 is 10.0 Å². The zero-order valence-electron chi connectivity index (χ0n) is 13.4. The van der Waals surface area contributed by atoms with Crippen LogP contribution in [0, 0.1) is 0 Å². The molecule has 7 nitrogen and oxygen atoms in total. The number of sulfonamides is 1. The van der Waals surface area contributed by atoms with Gasteiger partial charge in [0.15, 0.2) is 11.5 Å². The second kappa shape index (κ2) is 7.54. The molecule has 2 aromatic carbocycles. The first-order chi connectivity index (χ1) is 12.3. The second-order valence-electron chi connectivity index (χ2n) is 5.39. The van der Waals surface area contributed by atoms with Crippen molar-refractivity contribution in [1.29, 1.82) is 0 Å². The summed E-state index contributed by atoms with van der Waals surface area (Å²) in [7, 11) is -3.78. The molecular formula is C16H15N3O4S3. The molecule has 0 spiro atoms. The normalized spacial score (nSPS) is 12.5. The minimum Gasteiger partial charge on any atom is -0.454 e. The highest BCUT2D eigenvalue weighted by atomic mass is 32.2. The maximum absolute atomic E-state index is 11.4. The Morgan fingerprint density at radius 2 is 1.81 bits per heavy atom. The molecule has 1 aliphatic rings. The van der Waals surface area contributed by atoms with E-state index in [4.69, 9.17) is 39.0 Å². The van der Waals surface area contributed by atoms with E-state index in [1.54, 1.807) is 18.2 Å². The lowest BCUT2D eigenvalue weighted by Crippen LogP contribution is -2.19. The highest BCUT2D eigenvalue weighted by Gasteiger charge is 2.18. The van der Waals surface area contributed by atoms with Crippen LogP contribution in [0.1, 0.15) is 6.42 Å². The average Bonchev–Trinajstić information content (AvgIpc) is 3.03. The predicted molar refractivity (Wildman–Crippen MR) is 107 cm³/mol. The van der Waals surface area contributed by atoms with Crippen LogP contribution < -0.4 is 25.2 Å². The molecule has 2 aromatic rings. The van der Waals surface area contributed by atoms with E-state index in [1.807, 2.05) is 12.1 Å². The third-order valence-electron chi connectivity index (χ3n) is 3.44. The third kappa shape index (κ3) is 4.47. The zero-order chi connectivity index (χ0) is 18.7. The van der Waals surface area contributed by atoms with E-state index in [1.165, 1.54) is 12.1 Å². The Morgan fingerprint density at radius 3 is 2.58 bits per heavy atom. The Kier molecular flexibility index (Phi) is 5.37. The van der Waals surface area contributed by atoms with Crippen molar-refractivity contribution in [2.24, 2.45) is 5.14 Å². The number of primary sulfonamides is 1. The van der Waals surface area contributed by atoms with Crippen LogP contribution >= 0.6 is 24.4 Å². The van der Waals surface area contributed by atoms with Gasteiger partial charge in [0.2, 0.25) is 16.8 Å². The summed E-state index contributed by atoms with van der Waals surface area (Å²) in [5.74, 6) is 1.26. The molecule has 136 valence electrons. The largest absolute Gasteiger partial charge is 0.454 e. The Bertz CT molecular complexity index is 976. The molecule has 10 heteroatoms. The third-order valence-corrected chi connectivity index (χ3v) is 4.84. The molecule has 0 amide bonds. The van der Waals surface area contributed by atoms with Crippen molar-refractivity contribution in [2.75, 3.05) is 17.4 Å². The SMILES string of the molecule is NS(=O)(=O)c1cccc(NC(=S)CC(=S)Nc2cccc3c2OCO3)c1. The molecule has 1 aliphatic heterocycles. The topological polar surface area (TPSA) is 103 Å². The summed E-state index contributed by atoms with van der Waals surface area (Å²) in [5, 5.41) is 11.2. The summed E-state index contributed by atoms with van der Waals surface area (Å²) in [6.45, 7) is 0.168. The average molecular weight is 410 g/mol. The summed E-state index contributed by atoms with van der Waals surface area (Å²) in [6, 6.07) is 11.5. The number of hydrogen-bond donors (Lipinski definition) is 3. The molecule has 0 fully saturated rings. The van der Waals surface area contributed by atoms with E-state index in [9.17, 15) is 8.42 Å². The molecule has 0 saturated carbocycles. The van der Waals surface area contributed by atoms with Crippen molar-refractivity contribution in [3.8, 4) is 11.5 Å². The number of ether oxygens (including phenoxy) is 2. The first-order valence-electron chi connectivity index (χ1n) is 7.44. The fourth-order valence-electron chi connectivity index (χ4n) is 2.32. The number of rotatable bonds is 5. The highest BCUT2D eigenvalue weighted by molar-refractivity contribution is 7.89. The molecule has 0 aliphatic carbocycles. The minimum atomic E-state index is -3.78. The smallest absolute Gasteiger partial charge is 0.238 e. The van der Waals surface area contributed by atoms with E-state index in [-0.39, 0.29) is 18.1 Å². The van der Waals surface area contributed by atoms with Crippen molar-refractivity contribution in [3.05, 3.63) is 42.5 Å². The Morgan fingerprint density at radius 1 is 1.08 bits per heavy atom. The summed E-state index contributed by atoms with van der Waals surface area (Å²) in [6.07, 6.45) is 0.273. The van der Waals surface area contributed by atoms with Gasteiger partial charge in [0.1, 0.15) is 0 Å². The standard InChI is InChI=1S/C16H15N3O4S3/c17-26(20,21)11-4-1-3-10(7-11)18-14(24)8-15(25)19-12-5-2-6-13-16(12)23-9-22-13/h1-7H,8-9H2,(H,18,24)(H,19,25)(H2,17,20,21). The van der Waals surface area contributed by atoms with Crippen LogP contribution in [0.2, 0.25) is 0 Å². The molecule has 26 heavy (non-hydrogen) atoms. The zero-order valence-corrected chi connectivity index (χ0v) is 15.8. The number of para-hydroxylation sites is 1. The van der Waals surface area contributed by atoms with Crippen LogP contribution in [0.3, 0.4) is 0 Å². The number of anilines is 2. The van der Waals surface area contributed by atoms with Crippen LogP contribution in [-0.4, -0.2) is 25.2 Å². The number of nitrogens with two attached hydrogens (primary N) is 1. The van der Waals surface area contributed by atoms with Crippen LogP contribution in [0.4, 0.5) is 11.4 Å². The van der Waals surface area contributed by atoms with Crippen molar-refractivity contribution in [2.45, 2.75) is 11.3 Å². The van der Waals surface area contributed by atoms with E-state index in [0.29, 0.717) is 32.9 Å². The van der Waals surface area contributed by atoms with Gasteiger partial charge in [-0.25, -0.2) is 13.6 Å². The second-order valence-corrected chi connectivity index (χ2v) is 7.93.